The Labute approximate surface area is 109 Å². The number of anilines is 1. The summed E-state index contributed by atoms with van der Waals surface area (Å²) < 4.78 is 0. The van der Waals surface area contributed by atoms with E-state index in [2.05, 4.69) is 10.3 Å². The monoisotopic (exact) mass is 254 g/mol. The summed E-state index contributed by atoms with van der Waals surface area (Å²) in [7, 11) is 0. The van der Waals surface area contributed by atoms with Gasteiger partial charge in [-0.05, 0) is 17.7 Å². The zero-order valence-electron chi connectivity index (χ0n) is 9.91. The molecule has 1 aromatic heterocycles. The van der Waals surface area contributed by atoms with Crippen molar-refractivity contribution in [2.24, 2.45) is 0 Å². The zero-order chi connectivity index (χ0) is 13.7. The quantitative estimate of drug-likeness (QED) is 0.668. The number of rotatable bonds is 4. The third-order valence-corrected chi connectivity index (χ3v) is 2.49. The molecule has 0 unspecified atom stereocenters. The number of benzene rings is 1. The summed E-state index contributed by atoms with van der Waals surface area (Å²) in [4.78, 5) is 14.3. The van der Waals surface area contributed by atoms with E-state index in [1.165, 1.54) is 18.3 Å². The van der Waals surface area contributed by atoms with Crippen molar-refractivity contribution in [3.05, 3.63) is 63.8 Å². The highest BCUT2D eigenvalue weighted by molar-refractivity contribution is 5.41. The van der Waals surface area contributed by atoms with Crippen LogP contribution in [0.1, 0.15) is 11.1 Å². The van der Waals surface area contributed by atoms with Crippen LogP contribution in [0.4, 0.5) is 11.5 Å². The van der Waals surface area contributed by atoms with E-state index in [0.717, 1.165) is 5.56 Å². The second kappa shape index (κ2) is 5.60. The Bertz CT molecular complexity index is 632. The normalized spacial score (nSPS) is 9.63. The predicted octanol–water partition coefficient (Wildman–Crippen LogP) is 2.47. The van der Waals surface area contributed by atoms with Gasteiger partial charge in [-0.15, -0.1) is 0 Å². The van der Waals surface area contributed by atoms with Gasteiger partial charge in [0.25, 0.3) is 5.69 Å². The Balaban J connectivity index is 2.03. The van der Waals surface area contributed by atoms with E-state index in [1.54, 1.807) is 24.3 Å². The van der Waals surface area contributed by atoms with Gasteiger partial charge in [0.05, 0.1) is 10.5 Å². The molecule has 94 valence electrons. The van der Waals surface area contributed by atoms with Gasteiger partial charge in [0.15, 0.2) is 0 Å². The first-order valence-electron chi connectivity index (χ1n) is 5.52. The molecule has 0 amide bonds. The van der Waals surface area contributed by atoms with E-state index in [-0.39, 0.29) is 5.69 Å². The molecular formula is C13H10N4O2. The molecule has 0 spiro atoms. The van der Waals surface area contributed by atoms with Crippen LogP contribution in [0.2, 0.25) is 0 Å². The Morgan fingerprint density at radius 2 is 2.21 bits per heavy atom. The molecule has 1 N–H and O–H groups in total. The third-order valence-electron chi connectivity index (χ3n) is 2.49. The first-order chi connectivity index (χ1) is 9.19. The maximum atomic E-state index is 10.6. The Hall–Kier alpha value is -2.94. The molecule has 0 saturated carbocycles. The Kier molecular flexibility index (Phi) is 3.69. The molecule has 0 bridgehead atoms. The molecule has 0 atom stereocenters. The highest BCUT2D eigenvalue weighted by Crippen LogP contribution is 2.14. The number of nitro groups is 1. The molecule has 0 aliphatic carbocycles. The van der Waals surface area contributed by atoms with E-state index >= 15 is 0 Å². The maximum absolute atomic E-state index is 10.6. The van der Waals surface area contributed by atoms with Crippen molar-refractivity contribution in [1.29, 1.82) is 5.26 Å². The Morgan fingerprint density at radius 1 is 1.37 bits per heavy atom. The van der Waals surface area contributed by atoms with Crippen molar-refractivity contribution in [1.82, 2.24) is 4.98 Å². The number of nitrogens with zero attached hydrogens (tertiary/aromatic N) is 3. The number of hydrogen-bond acceptors (Lipinski definition) is 5. The van der Waals surface area contributed by atoms with Gasteiger partial charge in [0, 0.05) is 24.9 Å². The third kappa shape index (κ3) is 3.26. The van der Waals surface area contributed by atoms with Crippen LogP contribution in [0.5, 0.6) is 0 Å². The molecule has 1 heterocycles. The van der Waals surface area contributed by atoms with Crippen molar-refractivity contribution in [2.75, 3.05) is 5.32 Å². The molecule has 0 radical (unpaired) electrons. The van der Waals surface area contributed by atoms with Gasteiger partial charge in [-0.1, -0.05) is 12.1 Å². The molecule has 6 nitrogen and oxygen atoms in total. The fraction of sp³-hybridized carbons (Fsp3) is 0.0769. The molecule has 6 heteroatoms. The molecule has 0 saturated heterocycles. The van der Waals surface area contributed by atoms with Crippen LogP contribution in [0, 0.1) is 21.4 Å². The molecule has 1 aromatic carbocycles. The summed E-state index contributed by atoms with van der Waals surface area (Å²) in [6, 6.07) is 11.7. The molecule has 0 aliphatic rings. The van der Waals surface area contributed by atoms with E-state index < -0.39 is 4.92 Å². The lowest BCUT2D eigenvalue weighted by Gasteiger charge is -2.05. The van der Waals surface area contributed by atoms with Crippen LogP contribution in [0.3, 0.4) is 0 Å². The van der Waals surface area contributed by atoms with Gasteiger partial charge >= 0.3 is 0 Å². The number of nitrogens with one attached hydrogen (secondary N) is 1. The van der Waals surface area contributed by atoms with Crippen molar-refractivity contribution < 1.29 is 4.92 Å². The minimum absolute atomic E-state index is 0.0621. The maximum Gasteiger partial charge on any atom is 0.269 e. The van der Waals surface area contributed by atoms with Crippen LogP contribution in [-0.2, 0) is 6.54 Å². The van der Waals surface area contributed by atoms with Crippen LogP contribution < -0.4 is 5.32 Å². The van der Waals surface area contributed by atoms with Crippen LogP contribution in [0.25, 0.3) is 0 Å². The highest BCUT2D eigenvalue weighted by Gasteiger charge is 2.05. The van der Waals surface area contributed by atoms with Crippen molar-refractivity contribution >= 4 is 11.5 Å². The zero-order valence-corrected chi connectivity index (χ0v) is 9.91. The number of aromatic nitrogens is 1. The topological polar surface area (TPSA) is 91.8 Å². The second-order valence-corrected chi connectivity index (χ2v) is 3.82. The largest absolute Gasteiger partial charge is 0.366 e. The number of non-ortho nitro benzene ring substituents is 1. The van der Waals surface area contributed by atoms with Crippen LogP contribution in [0.15, 0.2) is 42.6 Å². The standard InChI is InChI=1S/C13H10N4O2/c14-7-11-4-5-13(16-9-11)15-8-10-2-1-3-12(6-10)17(18)19/h1-6,9H,8H2,(H,15,16). The lowest BCUT2D eigenvalue weighted by molar-refractivity contribution is -0.384. The average molecular weight is 254 g/mol. The van der Waals surface area contributed by atoms with Gasteiger partial charge in [0.2, 0.25) is 0 Å². The minimum Gasteiger partial charge on any atom is -0.366 e. The van der Waals surface area contributed by atoms with Gasteiger partial charge in [-0.25, -0.2) is 4.98 Å². The van der Waals surface area contributed by atoms with Gasteiger partial charge in [0.1, 0.15) is 11.9 Å². The number of pyridine rings is 1. The summed E-state index contributed by atoms with van der Waals surface area (Å²) >= 11 is 0. The molecule has 0 fully saturated rings. The predicted molar refractivity (Wildman–Crippen MR) is 69.4 cm³/mol. The molecule has 0 aliphatic heterocycles. The lowest BCUT2D eigenvalue weighted by Crippen LogP contribution is -2.01. The first kappa shape index (κ1) is 12.5. The second-order valence-electron chi connectivity index (χ2n) is 3.82. The summed E-state index contributed by atoms with van der Waals surface area (Å²) in [6.45, 7) is 0.431. The van der Waals surface area contributed by atoms with Crippen molar-refractivity contribution in [2.45, 2.75) is 6.54 Å². The first-order valence-corrected chi connectivity index (χ1v) is 5.52. The van der Waals surface area contributed by atoms with E-state index in [9.17, 15) is 10.1 Å². The summed E-state index contributed by atoms with van der Waals surface area (Å²) in [5.74, 6) is 0.616. The smallest absolute Gasteiger partial charge is 0.269 e. The van der Waals surface area contributed by atoms with E-state index in [4.69, 9.17) is 5.26 Å². The average Bonchev–Trinajstić information content (AvgIpc) is 2.46. The van der Waals surface area contributed by atoms with Crippen LogP contribution >= 0.6 is 0 Å². The fourth-order valence-electron chi connectivity index (χ4n) is 1.54. The fourth-order valence-corrected chi connectivity index (χ4v) is 1.54. The number of nitro benzene ring substituents is 1. The van der Waals surface area contributed by atoms with Gasteiger partial charge in [-0.3, -0.25) is 10.1 Å². The number of nitriles is 1. The van der Waals surface area contributed by atoms with Gasteiger partial charge < -0.3 is 5.32 Å². The minimum atomic E-state index is -0.427. The Morgan fingerprint density at radius 3 is 2.84 bits per heavy atom. The summed E-state index contributed by atoms with van der Waals surface area (Å²) in [6.07, 6.45) is 1.47. The van der Waals surface area contributed by atoms with Crippen molar-refractivity contribution in [3.8, 4) is 6.07 Å². The summed E-state index contributed by atoms with van der Waals surface area (Å²) in [5.41, 5.74) is 1.34. The van der Waals surface area contributed by atoms with E-state index in [1.807, 2.05) is 6.07 Å². The molecular weight excluding hydrogens is 244 g/mol. The molecule has 2 aromatic rings. The van der Waals surface area contributed by atoms with Gasteiger partial charge in [-0.2, -0.15) is 5.26 Å². The lowest BCUT2D eigenvalue weighted by atomic mass is 10.2. The molecule has 2 rings (SSSR count). The number of hydrogen-bond donors (Lipinski definition) is 1. The highest BCUT2D eigenvalue weighted by atomic mass is 16.6. The molecule has 19 heavy (non-hydrogen) atoms. The van der Waals surface area contributed by atoms with E-state index in [0.29, 0.717) is 17.9 Å². The van der Waals surface area contributed by atoms with Crippen LogP contribution in [-0.4, -0.2) is 9.91 Å². The SMILES string of the molecule is N#Cc1ccc(NCc2cccc([N+](=O)[O-])c2)nc1. The summed E-state index contributed by atoms with van der Waals surface area (Å²) in [5, 5.41) is 22.3. The van der Waals surface area contributed by atoms with Crippen molar-refractivity contribution in [3.63, 3.8) is 0 Å².